The van der Waals surface area contributed by atoms with Crippen LogP contribution in [0.15, 0.2) is 59.1 Å². The third-order valence-electron chi connectivity index (χ3n) is 3.56. The number of anilines is 1. The van der Waals surface area contributed by atoms with E-state index in [-0.39, 0.29) is 17.8 Å². The number of amides is 1. The lowest BCUT2D eigenvalue weighted by molar-refractivity contribution is -0.384. The number of nitrogens with one attached hydrogen (secondary N) is 1. The monoisotopic (exact) mass is 338 g/mol. The number of rotatable bonds is 6. The molecule has 0 unspecified atom stereocenters. The van der Waals surface area contributed by atoms with E-state index in [1.807, 2.05) is 30.3 Å². The number of carbonyl (C=O) groups is 1. The van der Waals surface area contributed by atoms with Crippen LogP contribution in [0.5, 0.6) is 0 Å². The van der Waals surface area contributed by atoms with E-state index < -0.39 is 10.8 Å². The molecule has 0 saturated carbocycles. The van der Waals surface area contributed by atoms with Crippen LogP contribution in [-0.4, -0.2) is 16.0 Å². The number of nitro benzene ring substituents is 1. The maximum absolute atomic E-state index is 11.5. The smallest absolute Gasteiger partial charge is 0.270 e. The lowest BCUT2D eigenvalue weighted by Crippen LogP contribution is -2.15. The number of non-ortho nitro benzene ring substituents is 1. The van der Waals surface area contributed by atoms with Crippen LogP contribution in [-0.2, 0) is 6.54 Å². The average Bonchev–Trinajstić information content (AvgIpc) is 3.09. The summed E-state index contributed by atoms with van der Waals surface area (Å²) in [6, 6.07) is 15.2. The SMILES string of the molecule is NC(=O)c1cc([N+](=O)[O-])ccc1NCc1cc(-c2ccccc2)on1. The van der Waals surface area contributed by atoms with Crippen LogP contribution in [0.1, 0.15) is 16.1 Å². The van der Waals surface area contributed by atoms with Crippen LogP contribution in [0.25, 0.3) is 11.3 Å². The zero-order chi connectivity index (χ0) is 17.8. The number of carbonyl (C=O) groups excluding carboxylic acids is 1. The van der Waals surface area contributed by atoms with E-state index in [1.54, 1.807) is 6.07 Å². The van der Waals surface area contributed by atoms with E-state index >= 15 is 0 Å². The van der Waals surface area contributed by atoms with Gasteiger partial charge in [-0.3, -0.25) is 14.9 Å². The van der Waals surface area contributed by atoms with Gasteiger partial charge in [-0.2, -0.15) is 0 Å². The third kappa shape index (κ3) is 3.63. The van der Waals surface area contributed by atoms with Crippen LogP contribution >= 0.6 is 0 Å². The summed E-state index contributed by atoms with van der Waals surface area (Å²) in [5, 5.41) is 17.8. The van der Waals surface area contributed by atoms with Gasteiger partial charge in [-0.25, -0.2) is 0 Å². The quantitative estimate of drug-likeness (QED) is 0.526. The molecule has 3 N–H and O–H groups in total. The summed E-state index contributed by atoms with van der Waals surface area (Å²) in [6.07, 6.45) is 0. The van der Waals surface area contributed by atoms with Gasteiger partial charge in [-0.05, 0) is 6.07 Å². The van der Waals surface area contributed by atoms with Crippen molar-refractivity contribution >= 4 is 17.3 Å². The van der Waals surface area contributed by atoms with Crippen LogP contribution in [0.3, 0.4) is 0 Å². The molecule has 0 bridgehead atoms. The second kappa shape index (κ2) is 6.83. The Morgan fingerprint density at radius 2 is 1.96 bits per heavy atom. The molecular weight excluding hydrogens is 324 g/mol. The highest BCUT2D eigenvalue weighted by molar-refractivity contribution is 5.99. The van der Waals surface area contributed by atoms with Gasteiger partial charge in [0.25, 0.3) is 11.6 Å². The highest BCUT2D eigenvalue weighted by Crippen LogP contribution is 2.24. The van der Waals surface area contributed by atoms with Crippen molar-refractivity contribution < 1.29 is 14.2 Å². The number of nitrogens with two attached hydrogens (primary N) is 1. The molecule has 8 heteroatoms. The Kier molecular flexibility index (Phi) is 4.42. The number of benzene rings is 2. The zero-order valence-corrected chi connectivity index (χ0v) is 13.0. The van der Waals surface area contributed by atoms with Crippen molar-refractivity contribution in [2.75, 3.05) is 5.32 Å². The fourth-order valence-corrected chi connectivity index (χ4v) is 2.32. The summed E-state index contributed by atoms with van der Waals surface area (Å²) in [7, 11) is 0. The summed E-state index contributed by atoms with van der Waals surface area (Å²) in [5.74, 6) is -0.132. The molecule has 0 spiro atoms. The predicted molar refractivity (Wildman–Crippen MR) is 90.9 cm³/mol. The Bertz CT molecular complexity index is 921. The Labute approximate surface area is 142 Å². The Balaban J connectivity index is 1.77. The van der Waals surface area contributed by atoms with Gasteiger partial charge < -0.3 is 15.6 Å². The molecule has 1 aromatic heterocycles. The standard InChI is InChI=1S/C17H14N4O4/c18-17(22)14-9-13(21(23)24)6-7-15(14)19-10-12-8-16(25-20-12)11-4-2-1-3-5-11/h1-9,19H,10H2,(H2,18,22). The highest BCUT2D eigenvalue weighted by atomic mass is 16.6. The fraction of sp³-hybridized carbons (Fsp3) is 0.0588. The maximum Gasteiger partial charge on any atom is 0.270 e. The van der Waals surface area contributed by atoms with E-state index in [1.165, 1.54) is 12.1 Å². The lowest BCUT2D eigenvalue weighted by atomic mass is 10.1. The average molecular weight is 338 g/mol. The molecular formula is C17H14N4O4. The van der Waals surface area contributed by atoms with Crippen molar-refractivity contribution in [3.8, 4) is 11.3 Å². The van der Waals surface area contributed by atoms with Gasteiger partial charge in [0, 0.05) is 29.4 Å². The summed E-state index contributed by atoms with van der Waals surface area (Å²) in [4.78, 5) is 21.8. The highest BCUT2D eigenvalue weighted by Gasteiger charge is 2.15. The largest absolute Gasteiger partial charge is 0.379 e. The zero-order valence-electron chi connectivity index (χ0n) is 13.0. The van der Waals surface area contributed by atoms with Gasteiger partial charge in [-0.15, -0.1) is 0 Å². The van der Waals surface area contributed by atoms with Gasteiger partial charge in [0.05, 0.1) is 17.0 Å². The fourth-order valence-electron chi connectivity index (χ4n) is 2.32. The van der Waals surface area contributed by atoms with Crippen molar-refractivity contribution in [3.05, 3.63) is 76.0 Å². The summed E-state index contributed by atoms with van der Waals surface area (Å²) in [6.45, 7) is 0.272. The van der Waals surface area contributed by atoms with E-state index in [0.717, 1.165) is 11.6 Å². The minimum absolute atomic E-state index is 0.0426. The van der Waals surface area contributed by atoms with Gasteiger partial charge >= 0.3 is 0 Å². The van der Waals surface area contributed by atoms with Gasteiger partial charge in [-0.1, -0.05) is 35.5 Å². The van der Waals surface area contributed by atoms with Crippen molar-refractivity contribution in [2.24, 2.45) is 5.73 Å². The molecule has 0 aliphatic rings. The second-order valence-corrected chi connectivity index (χ2v) is 5.25. The topological polar surface area (TPSA) is 124 Å². The Hall–Kier alpha value is -3.68. The third-order valence-corrected chi connectivity index (χ3v) is 3.56. The number of nitro groups is 1. The molecule has 0 aliphatic heterocycles. The summed E-state index contributed by atoms with van der Waals surface area (Å²) >= 11 is 0. The number of primary amides is 1. The normalized spacial score (nSPS) is 10.4. The number of aromatic nitrogens is 1. The van der Waals surface area contributed by atoms with Crippen molar-refractivity contribution in [1.82, 2.24) is 5.16 Å². The summed E-state index contributed by atoms with van der Waals surface area (Å²) in [5.41, 5.74) is 7.04. The first-order chi connectivity index (χ1) is 12.0. The molecule has 8 nitrogen and oxygen atoms in total. The lowest BCUT2D eigenvalue weighted by Gasteiger charge is -2.08. The predicted octanol–water partition coefficient (Wildman–Crippen LogP) is 2.96. The van der Waals surface area contributed by atoms with E-state index in [0.29, 0.717) is 17.1 Å². The van der Waals surface area contributed by atoms with E-state index in [9.17, 15) is 14.9 Å². The summed E-state index contributed by atoms with van der Waals surface area (Å²) < 4.78 is 5.30. The molecule has 25 heavy (non-hydrogen) atoms. The molecule has 0 fully saturated rings. The molecule has 0 radical (unpaired) electrons. The molecule has 1 heterocycles. The molecule has 1 amide bonds. The van der Waals surface area contributed by atoms with Gasteiger partial charge in [0.1, 0.15) is 5.69 Å². The minimum Gasteiger partial charge on any atom is -0.379 e. The van der Waals surface area contributed by atoms with Crippen LogP contribution in [0.2, 0.25) is 0 Å². The van der Waals surface area contributed by atoms with Gasteiger partial charge in [0.2, 0.25) is 0 Å². The number of hydrogen-bond acceptors (Lipinski definition) is 6. The molecule has 3 aromatic rings. The molecule has 0 saturated heterocycles. The maximum atomic E-state index is 11.5. The van der Waals surface area contributed by atoms with Crippen molar-refractivity contribution in [3.63, 3.8) is 0 Å². The molecule has 0 atom stereocenters. The van der Waals surface area contributed by atoms with Gasteiger partial charge in [0.15, 0.2) is 5.76 Å². The minimum atomic E-state index is -0.753. The van der Waals surface area contributed by atoms with E-state index in [4.69, 9.17) is 10.3 Å². The first-order valence-corrected chi connectivity index (χ1v) is 7.38. The Morgan fingerprint density at radius 3 is 2.64 bits per heavy atom. The number of nitrogens with zero attached hydrogens (tertiary/aromatic N) is 2. The Morgan fingerprint density at radius 1 is 1.20 bits per heavy atom. The van der Waals surface area contributed by atoms with Crippen LogP contribution < -0.4 is 11.1 Å². The van der Waals surface area contributed by atoms with Crippen LogP contribution in [0.4, 0.5) is 11.4 Å². The first kappa shape index (κ1) is 16.2. The second-order valence-electron chi connectivity index (χ2n) is 5.25. The first-order valence-electron chi connectivity index (χ1n) is 7.38. The van der Waals surface area contributed by atoms with Crippen LogP contribution in [0, 0.1) is 10.1 Å². The molecule has 126 valence electrons. The molecule has 0 aliphatic carbocycles. The molecule has 2 aromatic carbocycles. The van der Waals surface area contributed by atoms with E-state index in [2.05, 4.69) is 10.5 Å². The van der Waals surface area contributed by atoms with Crippen molar-refractivity contribution in [2.45, 2.75) is 6.54 Å². The number of hydrogen-bond donors (Lipinski definition) is 2. The molecule has 3 rings (SSSR count). The van der Waals surface area contributed by atoms with Crippen molar-refractivity contribution in [1.29, 1.82) is 0 Å².